The first kappa shape index (κ1) is 28.5. The lowest BCUT2D eigenvalue weighted by Crippen LogP contribution is -2.39. The van der Waals surface area contributed by atoms with E-state index in [1.807, 2.05) is 24.3 Å². The third kappa shape index (κ3) is 6.17. The van der Waals surface area contributed by atoms with E-state index in [2.05, 4.69) is 39.8 Å². The molecule has 1 heterocycles. The second-order valence-corrected chi connectivity index (χ2v) is 10.8. The van der Waals surface area contributed by atoms with Crippen molar-refractivity contribution in [2.75, 3.05) is 39.7 Å². The van der Waals surface area contributed by atoms with Crippen LogP contribution in [0, 0.1) is 0 Å². The Morgan fingerprint density at radius 1 is 0.927 bits per heavy atom. The average molecular weight is 558 g/mol. The Morgan fingerprint density at radius 2 is 1.66 bits per heavy atom. The maximum absolute atomic E-state index is 13.6. The number of ether oxygens (including phenoxy) is 3. The van der Waals surface area contributed by atoms with E-state index in [0.29, 0.717) is 35.8 Å². The zero-order chi connectivity index (χ0) is 28.9. The number of benzene rings is 2. The van der Waals surface area contributed by atoms with Gasteiger partial charge in [-0.15, -0.1) is 0 Å². The Kier molecular flexibility index (Phi) is 8.78. The van der Waals surface area contributed by atoms with Gasteiger partial charge in [0.25, 0.3) is 0 Å². The van der Waals surface area contributed by atoms with Crippen LogP contribution in [0.3, 0.4) is 0 Å². The van der Waals surface area contributed by atoms with E-state index >= 15 is 0 Å². The number of hydrogen-bond donors (Lipinski definition) is 2. The summed E-state index contributed by atoms with van der Waals surface area (Å²) in [4.78, 5) is 28.3. The molecule has 5 rings (SSSR count). The molecule has 8 nitrogen and oxygen atoms in total. The maximum Gasteiger partial charge on any atom is 0.217 e. The Labute approximate surface area is 241 Å². The molecule has 2 aliphatic rings. The molecule has 0 saturated carbocycles. The van der Waals surface area contributed by atoms with Crippen LogP contribution in [-0.4, -0.2) is 51.3 Å². The van der Waals surface area contributed by atoms with Gasteiger partial charge in [0, 0.05) is 38.2 Å². The number of hydrogen-bond acceptors (Lipinski definition) is 7. The molecule has 41 heavy (non-hydrogen) atoms. The molecule has 2 N–H and O–H groups in total. The highest BCUT2D eigenvalue weighted by Crippen LogP contribution is 2.50. The number of piperidine rings is 1. The summed E-state index contributed by atoms with van der Waals surface area (Å²) in [5, 5.41) is 6.61. The summed E-state index contributed by atoms with van der Waals surface area (Å²) in [6.45, 7) is 4.37. The fourth-order valence-electron chi connectivity index (χ4n) is 6.12. The van der Waals surface area contributed by atoms with E-state index in [0.717, 1.165) is 54.7 Å². The molecule has 0 aromatic heterocycles. The lowest BCUT2D eigenvalue weighted by molar-refractivity contribution is -0.119. The first-order chi connectivity index (χ1) is 19.9. The van der Waals surface area contributed by atoms with E-state index in [1.54, 1.807) is 27.4 Å². The number of nitrogens with one attached hydrogen (secondary N) is 2. The number of nitrogens with zero attached hydrogens (tertiary/aromatic N) is 1. The fraction of sp³-hybridized carbons (Fsp3) is 0.394. The summed E-state index contributed by atoms with van der Waals surface area (Å²) in [6, 6.07) is 17.9. The first-order valence-corrected chi connectivity index (χ1v) is 14.2. The van der Waals surface area contributed by atoms with Crippen molar-refractivity contribution in [3.8, 4) is 28.4 Å². The van der Waals surface area contributed by atoms with Crippen LogP contribution >= 0.6 is 0 Å². The summed E-state index contributed by atoms with van der Waals surface area (Å²) in [5.41, 5.74) is 5.22. The SMILES string of the molecule is COc1cc2c(c(OC)c1OC)-c1ccc(NC3CCN(Cc4ccccc4)CC3)c(=O)cc1C(NC(C)=O)CC2. The van der Waals surface area contributed by atoms with Crippen LogP contribution in [0.25, 0.3) is 11.1 Å². The lowest BCUT2D eigenvalue weighted by Gasteiger charge is -2.32. The monoisotopic (exact) mass is 557 g/mol. The van der Waals surface area contributed by atoms with E-state index in [-0.39, 0.29) is 23.4 Å². The van der Waals surface area contributed by atoms with Crippen LogP contribution in [0.2, 0.25) is 0 Å². The molecule has 1 aliphatic heterocycles. The number of fused-ring (bicyclic) bond motifs is 3. The van der Waals surface area contributed by atoms with Crippen molar-refractivity contribution in [3.63, 3.8) is 0 Å². The molecule has 8 heteroatoms. The standard InChI is InChI=1S/C33H39N3O5/c1-21(37)34-27-12-10-23-18-30(39-2)32(40-3)33(41-4)31(23)25-11-13-28(29(38)19-26(25)27)35-24-14-16-36(17-15-24)20-22-8-6-5-7-9-22/h5-9,11,13,18-19,24,27H,10,12,14-17,20H2,1-4H3,(H,34,37)(H,35,38). The van der Waals surface area contributed by atoms with Gasteiger partial charge >= 0.3 is 0 Å². The van der Waals surface area contributed by atoms with Gasteiger partial charge in [0.2, 0.25) is 17.1 Å². The number of rotatable bonds is 8. The van der Waals surface area contributed by atoms with Crippen molar-refractivity contribution in [2.24, 2.45) is 0 Å². The van der Waals surface area contributed by atoms with Crippen LogP contribution in [-0.2, 0) is 17.8 Å². The highest BCUT2D eigenvalue weighted by Gasteiger charge is 2.29. The molecule has 3 aromatic rings. The first-order valence-electron chi connectivity index (χ1n) is 14.2. The van der Waals surface area contributed by atoms with E-state index in [4.69, 9.17) is 14.2 Å². The van der Waals surface area contributed by atoms with E-state index < -0.39 is 0 Å². The van der Waals surface area contributed by atoms with Crippen molar-refractivity contribution < 1.29 is 19.0 Å². The number of anilines is 1. The minimum atomic E-state index is -0.328. The zero-order valence-electron chi connectivity index (χ0n) is 24.3. The van der Waals surface area contributed by atoms with Gasteiger partial charge in [-0.05, 0) is 66.1 Å². The van der Waals surface area contributed by atoms with Crippen molar-refractivity contribution in [1.29, 1.82) is 0 Å². The molecular formula is C33H39N3O5. The minimum Gasteiger partial charge on any atom is -0.493 e. The molecule has 1 fully saturated rings. The molecule has 1 aliphatic carbocycles. The van der Waals surface area contributed by atoms with Crippen LogP contribution in [0.5, 0.6) is 17.2 Å². The molecule has 0 radical (unpaired) electrons. The summed E-state index contributed by atoms with van der Waals surface area (Å²) >= 11 is 0. The summed E-state index contributed by atoms with van der Waals surface area (Å²) in [6.07, 6.45) is 3.19. The lowest BCUT2D eigenvalue weighted by atomic mass is 9.95. The van der Waals surface area contributed by atoms with Crippen molar-refractivity contribution in [3.05, 3.63) is 81.5 Å². The van der Waals surface area contributed by atoms with Crippen LogP contribution in [0.1, 0.15) is 48.9 Å². The number of carbonyl (C=O) groups is 1. The zero-order valence-corrected chi connectivity index (χ0v) is 24.3. The van der Waals surface area contributed by atoms with Gasteiger partial charge in [-0.2, -0.15) is 0 Å². The molecule has 216 valence electrons. The summed E-state index contributed by atoms with van der Waals surface area (Å²) in [7, 11) is 4.78. The minimum absolute atomic E-state index is 0.101. The van der Waals surface area contributed by atoms with Crippen molar-refractivity contribution >= 4 is 11.6 Å². The molecule has 0 spiro atoms. The topological polar surface area (TPSA) is 89.1 Å². The predicted octanol–water partition coefficient (Wildman–Crippen LogP) is 4.94. The number of methoxy groups -OCH3 is 3. The quantitative estimate of drug-likeness (QED) is 0.406. The third-order valence-corrected chi connectivity index (χ3v) is 8.11. The molecule has 1 saturated heterocycles. The second-order valence-electron chi connectivity index (χ2n) is 10.8. The Hall–Kier alpha value is -4.04. The smallest absolute Gasteiger partial charge is 0.217 e. The second kappa shape index (κ2) is 12.6. The Morgan fingerprint density at radius 3 is 2.32 bits per heavy atom. The van der Waals surface area contributed by atoms with Gasteiger partial charge in [-0.25, -0.2) is 0 Å². The maximum atomic E-state index is 13.6. The molecule has 0 bridgehead atoms. The van der Waals surface area contributed by atoms with Crippen molar-refractivity contribution in [1.82, 2.24) is 10.2 Å². The highest BCUT2D eigenvalue weighted by molar-refractivity contribution is 5.83. The van der Waals surface area contributed by atoms with Gasteiger partial charge in [-0.1, -0.05) is 36.4 Å². The predicted molar refractivity (Wildman–Crippen MR) is 161 cm³/mol. The van der Waals surface area contributed by atoms with E-state index in [9.17, 15) is 9.59 Å². The highest BCUT2D eigenvalue weighted by atomic mass is 16.5. The Bertz CT molecular complexity index is 1450. The third-order valence-electron chi connectivity index (χ3n) is 8.11. The van der Waals surface area contributed by atoms with E-state index in [1.165, 1.54) is 12.5 Å². The molecular weight excluding hydrogens is 518 g/mol. The fourth-order valence-corrected chi connectivity index (χ4v) is 6.12. The Balaban J connectivity index is 1.48. The van der Waals surface area contributed by atoms with Crippen LogP contribution < -0.4 is 30.3 Å². The molecule has 1 unspecified atom stereocenters. The van der Waals surface area contributed by atoms with Gasteiger partial charge in [-0.3, -0.25) is 14.5 Å². The normalized spacial score (nSPS) is 17.0. The summed E-state index contributed by atoms with van der Waals surface area (Å²) in [5.74, 6) is 1.47. The van der Waals surface area contributed by atoms with Gasteiger partial charge in [0.1, 0.15) is 0 Å². The van der Waals surface area contributed by atoms with Gasteiger partial charge < -0.3 is 24.8 Å². The number of likely N-dealkylation sites (tertiary alicyclic amines) is 1. The average Bonchev–Trinajstić information content (AvgIpc) is 3.22. The largest absolute Gasteiger partial charge is 0.493 e. The molecule has 1 atom stereocenters. The van der Waals surface area contributed by atoms with Gasteiger partial charge in [0.05, 0.1) is 33.1 Å². The van der Waals surface area contributed by atoms with Crippen LogP contribution in [0.4, 0.5) is 5.69 Å². The molecule has 3 aromatic carbocycles. The van der Waals surface area contributed by atoms with Crippen molar-refractivity contribution in [2.45, 2.75) is 51.2 Å². The summed E-state index contributed by atoms with van der Waals surface area (Å²) < 4.78 is 17.2. The molecule has 1 amide bonds. The van der Waals surface area contributed by atoms with Gasteiger partial charge in [0.15, 0.2) is 11.5 Å². The number of aryl methyl sites for hydroxylation is 1. The van der Waals surface area contributed by atoms with Crippen LogP contribution in [0.15, 0.2) is 59.4 Å². The number of amides is 1. The number of carbonyl (C=O) groups excluding carboxylic acids is 1.